The van der Waals surface area contributed by atoms with Gasteiger partial charge in [-0.3, -0.25) is 10.1 Å². The lowest BCUT2D eigenvalue weighted by atomic mass is 10.2. The Morgan fingerprint density at radius 1 is 1.11 bits per heavy atom. The van der Waals surface area contributed by atoms with E-state index < -0.39 is 22.6 Å². The largest absolute Gasteiger partial charge is 0.464 e. The van der Waals surface area contributed by atoms with Gasteiger partial charge in [-0.15, -0.1) is 0 Å². The molecule has 0 aliphatic rings. The van der Waals surface area contributed by atoms with Gasteiger partial charge < -0.3 is 19.5 Å². The Balaban J connectivity index is 1.91. The Hall–Kier alpha value is -3.05. The van der Waals surface area contributed by atoms with Crippen LogP contribution in [0.1, 0.15) is 38.2 Å². The fourth-order valence-electron chi connectivity index (χ4n) is 2.94. The number of rotatable bonds is 14. The van der Waals surface area contributed by atoms with Gasteiger partial charge >= 0.3 is 12.1 Å². The molecule has 0 unspecified atom stereocenters. The van der Waals surface area contributed by atoms with Crippen LogP contribution < -0.4 is 10.1 Å². The molecule has 0 radical (unpaired) electrons. The van der Waals surface area contributed by atoms with Gasteiger partial charge in [-0.05, 0) is 30.7 Å². The van der Waals surface area contributed by atoms with Gasteiger partial charge in [-0.1, -0.05) is 37.8 Å². The van der Waals surface area contributed by atoms with Gasteiger partial charge in [0, 0.05) is 18.7 Å². The van der Waals surface area contributed by atoms with Gasteiger partial charge in [0.1, 0.15) is 23.8 Å². The molecule has 0 fully saturated rings. The Labute approximate surface area is 205 Å². The lowest BCUT2D eigenvalue weighted by molar-refractivity contribution is -0.384. The first-order valence-electron chi connectivity index (χ1n) is 10.9. The van der Waals surface area contributed by atoms with E-state index in [0.717, 1.165) is 43.9 Å². The highest BCUT2D eigenvalue weighted by atomic mass is 35.5. The number of esters is 1. The molecule has 35 heavy (non-hydrogen) atoms. The van der Waals surface area contributed by atoms with E-state index in [9.17, 15) is 28.1 Å². The number of benzene rings is 2. The van der Waals surface area contributed by atoms with Crippen molar-refractivity contribution >= 4 is 28.9 Å². The zero-order valence-corrected chi connectivity index (χ0v) is 19.8. The van der Waals surface area contributed by atoms with Crippen LogP contribution in [0.3, 0.4) is 0 Å². The van der Waals surface area contributed by atoms with E-state index in [1.807, 2.05) is 0 Å². The summed E-state index contributed by atoms with van der Waals surface area (Å²) in [6.07, 6.45) is -0.613. The third-order valence-electron chi connectivity index (χ3n) is 4.69. The molecule has 0 atom stereocenters. The van der Waals surface area contributed by atoms with Gasteiger partial charge in [0.05, 0.1) is 28.7 Å². The molecule has 2 rings (SSSR count). The third kappa shape index (κ3) is 9.61. The smallest absolute Gasteiger partial charge is 0.416 e. The number of halogens is 4. The summed E-state index contributed by atoms with van der Waals surface area (Å²) in [6.45, 7) is 2.38. The van der Waals surface area contributed by atoms with Crippen molar-refractivity contribution in [1.82, 2.24) is 0 Å². The summed E-state index contributed by atoms with van der Waals surface area (Å²) >= 11 is 5.90. The number of hydrogen-bond acceptors (Lipinski definition) is 7. The molecule has 1 N–H and O–H groups in total. The normalized spacial score (nSPS) is 11.2. The minimum Gasteiger partial charge on any atom is -0.464 e. The second-order valence-corrected chi connectivity index (χ2v) is 7.85. The monoisotopic (exact) mass is 518 g/mol. The van der Waals surface area contributed by atoms with Crippen LogP contribution in [0.5, 0.6) is 11.5 Å². The Morgan fingerprint density at radius 3 is 2.54 bits per heavy atom. The summed E-state index contributed by atoms with van der Waals surface area (Å²) in [5, 5.41) is 13.9. The lowest BCUT2D eigenvalue weighted by Gasteiger charge is -2.13. The van der Waals surface area contributed by atoms with Gasteiger partial charge in [0.25, 0.3) is 5.69 Å². The van der Waals surface area contributed by atoms with E-state index in [-0.39, 0.29) is 47.7 Å². The van der Waals surface area contributed by atoms with E-state index in [4.69, 9.17) is 25.8 Å². The molecule has 192 valence electrons. The van der Waals surface area contributed by atoms with Crippen molar-refractivity contribution in [1.29, 1.82) is 0 Å². The highest BCUT2D eigenvalue weighted by Gasteiger charge is 2.31. The summed E-state index contributed by atoms with van der Waals surface area (Å²) in [4.78, 5) is 22.4. The predicted molar refractivity (Wildman–Crippen MR) is 124 cm³/mol. The second kappa shape index (κ2) is 13.7. The number of hydrogen-bond donors (Lipinski definition) is 1. The lowest BCUT2D eigenvalue weighted by Crippen LogP contribution is -2.17. The first kappa shape index (κ1) is 28.2. The van der Waals surface area contributed by atoms with Gasteiger partial charge in [-0.2, -0.15) is 13.2 Å². The van der Waals surface area contributed by atoms with Crippen molar-refractivity contribution in [2.75, 3.05) is 31.7 Å². The van der Waals surface area contributed by atoms with Crippen LogP contribution in [0.25, 0.3) is 0 Å². The minimum atomic E-state index is -4.56. The molecular weight excluding hydrogens is 493 g/mol. The highest BCUT2D eigenvalue weighted by Crippen LogP contribution is 2.37. The fourth-order valence-corrected chi connectivity index (χ4v) is 3.16. The summed E-state index contributed by atoms with van der Waals surface area (Å²) in [5.41, 5.74) is -1.08. The predicted octanol–water partition coefficient (Wildman–Crippen LogP) is 6.61. The van der Waals surface area contributed by atoms with Crippen LogP contribution in [-0.2, 0) is 20.4 Å². The highest BCUT2D eigenvalue weighted by molar-refractivity contribution is 6.32. The number of alkyl halides is 3. The topological polar surface area (TPSA) is 99.9 Å². The van der Waals surface area contributed by atoms with E-state index in [1.165, 1.54) is 18.2 Å². The number of nitro benzene ring substituents is 1. The molecule has 0 saturated heterocycles. The third-order valence-corrected chi connectivity index (χ3v) is 4.99. The SMILES string of the molecule is CCCCCCOC(=O)COCCNc1cc(Oc2ccc(C(F)(F)F)cc2Cl)ccc1[N+](=O)[O-]. The zero-order valence-electron chi connectivity index (χ0n) is 19.0. The molecule has 0 saturated carbocycles. The van der Waals surface area contributed by atoms with Crippen LogP contribution in [0.2, 0.25) is 5.02 Å². The average Bonchev–Trinajstić information content (AvgIpc) is 2.79. The summed E-state index contributed by atoms with van der Waals surface area (Å²) in [7, 11) is 0. The van der Waals surface area contributed by atoms with Gasteiger partial charge in [0.2, 0.25) is 0 Å². The molecule has 8 nitrogen and oxygen atoms in total. The standard InChI is InChI=1S/C23H26ClF3N2O6/c1-2-3-4-5-11-34-22(30)15-33-12-10-28-19-14-17(7-8-20(19)29(31)32)35-21-9-6-16(13-18(21)24)23(25,26)27/h6-9,13-14,28H,2-5,10-12,15H2,1H3. The Kier molecular flexibility index (Phi) is 11.1. The fraction of sp³-hybridized carbons (Fsp3) is 0.435. The molecule has 0 aromatic heterocycles. The molecule has 0 heterocycles. The maximum Gasteiger partial charge on any atom is 0.416 e. The van der Waals surface area contributed by atoms with E-state index in [1.54, 1.807) is 0 Å². The molecule has 0 aliphatic carbocycles. The molecular formula is C23H26ClF3N2O6. The molecule has 12 heteroatoms. The average molecular weight is 519 g/mol. The molecule has 2 aromatic carbocycles. The Bertz CT molecular complexity index is 1000. The van der Waals surface area contributed by atoms with Crippen molar-refractivity contribution < 1.29 is 37.1 Å². The molecule has 0 amide bonds. The quantitative estimate of drug-likeness (QED) is 0.130. The van der Waals surface area contributed by atoms with Crippen molar-refractivity contribution in [2.24, 2.45) is 0 Å². The number of nitrogens with zero attached hydrogens (tertiary/aromatic N) is 1. The van der Waals surface area contributed by atoms with Crippen LogP contribution in [-0.4, -0.2) is 37.3 Å². The number of carbonyl (C=O) groups excluding carboxylic acids is 1. The molecule has 0 bridgehead atoms. The number of nitro groups is 1. The van der Waals surface area contributed by atoms with Crippen molar-refractivity contribution in [3.05, 3.63) is 57.1 Å². The van der Waals surface area contributed by atoms with Crippen molar-refractivity contribution in [2.45, 2.75) is 38.8 Å². The minimum absolute atomic E-state index is 0.0454. The number of nitrogens with one attached hydrogen (secondary N) is 1. The molecule has 0 spiro atoms. The maximum atomic E-state index is 12.8. The van der Waals surface area contributed by atoms with Crippen LogP contribution >= 0.6 is 11.6 Å². The van der Waals surface area contributed by atoms with Gasteiger partial charge in [0.15, 0.2) is 0 Å². The molecule has 2 aromatic rings. The van der Waals surface area contributed by atoms with Crippen molar-refractivity contribution in [3.63, 3.8) is 0 Å². The van der Waals surface area contributed by atoms with Crippen LogP contribution in [0.15, 0.2) is 36.4 Å². The van der Waals surface area contributed by atoms with E-state index >= 15 is 0 Å². The summed E-state index contributed by atoms with van der Waals surface area (Å²) in [6, 6.07) is 6.41. The van der Waals surface area contributed by atoms with Crippen LogP contribution in [0, 0.1) is 10.1 Å². The second-order valence-electron chi connectivity index (χ2n) is 7.44. The number of carbonyl (C=O) groups is 1. The first-order chi connectivity index (χ1) is 16.6. The van der Waals surface area contributed by atoms with Crippen molar-refractivity contribution in [3.8, 4) is 11.5 Å². The summed E-state index contributed by atoms with van der Waals surface area (Å²) in [5.74, 6) is -0.417. The van der Waals surface area contributed by atoms with E-state index in [2.05, 4.69) is 12.2 Å². The number of unbranched alkanes of at least 4 members (excludes halogenated alkanes) is 3. The van der Waals surface area contributed by atoms with Gasteiger partial charge in [-0.25, -0.2) is 4.79 Å². The van der Waals surface area contributed by atoms with Crippen LogP contribution in [0.4, 0.5) is 24.5 Å². The maximum absolute atomic E-state index is 12.8. The number of ether oxygens (including phenoxy) is 3. The zero-order chi connectivity index (χ0) is 25.8. The molecule has 0 aliphatic heterocycles. The Morgan fingerprint density at radius 2 is 1.89 bits per heavy atom. The summed E-state index contributed by atoms with van der Waals surface area (Å²) < 4.78 is 54.2. The first-order valence-corrected chi connectivity index (χ1v) is 11.3. The number of anilines is 1. The van der Waals surface area contributed by atoms with E-state index in [0.29, 0.717) is 6.61 Å².